The Hall–Kier alpha value is -6.11. The molecule has 0 radical (unpaired) electrons. The van der Waals surface area contributed by atoms with Gasteiger partial charge < -0.3 is 29.4 Å². The topological polar surface area (TPSA) is 127 Å². The number of anilines is 1. The van der Waals surface area contributed by atoms with Crippen molar-refractivity contribution in [3.05, 3.63) is 125 Å². The molecule has 5 aromatic rings. The highest BCUT2D eigenvalue weighted by Gasteiger charge is 2.34. The number of carboxylic acids is 1. The first-order valence-corrected chi connectivity index (χ1v) is 14.8. The van der Waals surface area contributed by atoms with E-state index in [1.807, 2.05) is 29.9 Å². The van der Waals surface area contributed by atoms with Gasteiger partial charge in [0.15, 0.2) is 0 Å². The van der Waals surface area contributed by atoms with E-state index >= 15 is 0 Å². The molecule has 0 aliphatic rings. The third-order valence-electron chi connectivity index (χ3n) is 7.63. The zero-order valence-corrected chi connectivity index (χ0v) is 26.3. The van der Waals surface area contributed by atoms with Crippen LogP contribution >= 0.6 is 0 Å². The van der Waals surface area contributed by atoms with Crippen LogP contribution in [0.15, 0.2) is 97.2 Å². The summed E-state index contributed by atoms with van der Waals surface area (Å²) in [6.07, 6.45) is -3.37. The van der Waals surface area contributed by atoms with Crippen molar-refractivity contribution in [1.82, 2.24) is 9.47 Å². The summed E-state index contributed by atoms with van der Waals surface area (Å²) in [7, 11) is 3.14. The Morgan fingerprint density at radius 3 is 2.18 bits per heavy atom. The number of nitrogens with zero attached hydrogens (tertiary/aromatic N) is 2. The molecule has 2 N–H and O–H groups in total. The smallest absolute Gasteiger partial charge is 0.416 e. The number of halogens is 3. The van der Waals surface area contributed by atoms with Crippen LogP contribution in [0.2, 0.25) is 0 Å². The van der Waals surface area contributed by atoms with Crippen LogP contribution in [0.5, 0.6) is 11.5 Å². The molecule has 0 spiro atoms. The van der Waals surface area contributed by atoms with Crippen LogP contribution in [0, 0.1) is 0 Å². The van der Waals surface area contributed by atoms with Gasteiger partial charge in [-0.3, -0.25) is 14.4 Å². The lowest BCUT2D eigenvalue weighted by molar-refractivity contribution is -0.139. The maximum atomic E-state index is 13.5. The van der Waals surface area contributed by atoms with Crippen molar-refractivity contribution in [1.29, 1.82) is 0 Å². The van der Waals surface area contributed by atoms with Crippen molar-refractivity contribution in [2.45, 2.75) is 19.1 Å². The van der Waals surface area contributed by atoms with Gasteiger partial charge in [-0.1, -0.05) is 18.2 Å². The summed E-state index contributed by atoms with van der Waals surface area (Å²) in [5.74, 6) is -2.85. The van der Waals surface area contributed by atoms with E-state index in [1.54, 1.807) is 36.4 Å². The van der Waals surface area contributed by atoms with Gasteiger partial charge in [-0.05, 0) is 83.9 Å². The highest BCUT2D eigenvalue weighted by molar-refractivity contribution is 5.98. The monoisotopic (exact) mass is 673 g/mol. The predicted octanol–water partition coefficient (Wildman–Crippen LogP) is 6.33. The van der Waals surface area contributed by atoms with Crippen LogP contribution in [0.3, 0.4) is 0 Å². The zero-order chi connectivity index (χ0) is 35.3. The fraction of sp³-hybridized carbons (Fsp3) is 0.167. The van der Waals surface area contributed by atoms with Gasteiger partial charge in [0.25, 0.3) is 5.91 Å². The summed E-state index contributed by atoms with van der Waals surface area (Å²) in [6.45, 7) is -0.689. The Morgan fingerprint density at radius 2 is 1.53 bits per heavy atom. The normalized spacial score (nSPS) is 11.2. The summed E-state index contributed by atoms with van der Waals surface area (Å²) in [5, 5.41) is 12.9. The van der Waals surface area contributed by atoms with Gasteiger partial charge in [-0.15, -0.1) is 0 Å². The number of esters is 1. The molecular formula is C36H30F3N3O7. The highest BCUT2D eigenvalue weighted by Crippen LogP contribution is 2.35. The Kier molecular flexibility index (Phi) is 10.0. The minimum Gasteiger partial charge on any atom is -0.497 e. The lowest BCUT2D eigenvalue weighted by Crippen LogP contribution is -2.35. The molecule has 0 unspecified atom stereocenters. The van der Waals surface area contributed by atoms with Gasteiger partial charge >= 0.3 is 18.1 Å². The molecule has 0 aliphatic carbocycles. The molecule has 0 saturated heterocycles. The van der Waals surface area contributed by atoms with E-state index < -0.39 is 48.5 Å². The zero-order valence-electron chi connectivity index (χ0n) is 26.3. The molecule has 5 rings (SSSR count). The maximum Gasteiger partial charge on any atom is 0.416 e. The minimum absolute atomic E-state index is 0.00373. The first kappa shape index (κ1) is 34.2. The standard InChI is InChI=1S/C36H30F3N3O7/c1-41-16-15-25-17-26(8-14-31(25)41)35(47)49-28-11-3-22(4-12-28)20-42(21-33(44)45)34(46)23-5-9-27(10-6-23)40-32(43)18-24-7-13-29(48-2)19-30(24)36(37,38)39/h3-17,19H,18,20-21H2,1-2H3,(H,40,43)(H,44,45). The second-order valence-corrected chi connectivity index (χ2v) is 11.1. The Morgan fingerprint density at radius 1 is 0.857 bits per heavy atom. The van der Waals surface area contributed by atoms with Crippen LogP contribution in [-0.2, 0) is 35.8 Å². The second kappa shape index (κ2) is 14.3. The van der Waals surface area contributed by atoms with Gasteiger partial charge in [0, 0.05) is 41.9 Å². The maximum absolute atomic E-state index is 13.5. The molecule has 2 amide bonds. The molecule has 0 bridgehead atoms. The number of aliphatic carboxylic acids is 1. The van der Waals surface area contributed by atoms with E-state index in [2.05, 4.69) is 5.32 Å². The van der Waals surface area contributed by atoms with Crippen molar-refractivity contribution >= 4 is 40.3 Å². The van der Waals surface area contributed by atoms with Crippen molar-refractivity contribution < 1.29 is 46.9 Å². The quantitative estimate of drug-likeness (QED) is 0.124. The van der Waals surface area contributed by atoms with Crippen LogP contribution in [0.4, 0.5) is 18.9 Å². The molecule has 252 valence electrons. The van der Waals surface area contributed by atoms with E-state index in [4.69, 9.17) is 9.47 Å². The van der Waals surface area contributed by atoms with Gasteiger partial charge in [0.1, 0.15) is 18.0 Å². The molecule has 1 heterocycles. The van der Waals surface area contributed by atoms with E-state index in [9.17, 15) is 37.5 Å². The van der Waals surface area contributed by atoms with Crippen molar-refractivity contribution in [3.8, 4) is 11.5 Å². The summed E-state index contributed by atoms with van der Waals surface area (Å²) >= 11 is 0. The lowest BCUT2D eigenvalue weighted by Gasteiger charge is -2.21. The summed E-state index contributed by atoms with van der Waals surface area (Å²) in [6, 6.07) is 22.3. The number of benzene rings is 4. The number of methoxy groups -OCH3 is 1. The molecular weight excluding hydrogens is 643 g/mol. The third kappa shape index (κ3) is 8.44. The number of fused-ring (bicyclic) bond motifs is 1. The number of alkyl halides is 3. The molecule has 0 atom stereocenters. The minimum atomic E-state index is -4.69. The summed E-state index contributed by atoms with van der Waals surface area (Å²) < 4.78 is 52.9. The van der Waals surface area contributed by atoms with E-state index in [-0.39, 0.29) is 34.9 Å². The number of carboxylic acid groups (broad SMARTS) is 1. The van der Waals surface area contributed by atoms with Gasteiger partial charge in [0.05, 0.1) is 24.7 Å². The number of ether oxygens (including phenoxy) is 2. The SMILES string of the molecule is COc1ccc(CC(=O)Nc2ccc(C(=O)N(CC(=O)O)Cc3ccc(OC(=O)c4ccc5c(ccn5C)c4)cc3)cc2)c(C(F)(F)F)c1. The van der Waals surface area contributed by atoms with Gasteiger partial charge in [0.2, 0.25) is 5.91 Å². The number of amides is 2. The Balaban J connectivity index is 1.21. The molecule has 13 heteroatoms. The van der Waals surface area contributed by atoms with E-state index in [0.29, 0.717) is 11.1 Å². The van der Waals surface area contributed by atoms with Gasteiger partial charge in [-0.2, -0.15) is 13.2 Å². The molecule has 0 aliphatic heterocycles. The molecule has 0 saturated carbocycles. The molecule has 10 nitrogen and oxygen atoms in total. The number of hydrogen-bond acceptors (Lipinski definition) is 6. The predicted molar refractivity (Wildman–Crippen MR) is 173 cm³/mol. The van der Waals surface area contributed by atoms with Crippen molar-refractivity contribution in [3.63, 3.8) is 0 Å². The molecule has 1 aromatic heterocycles. The number of carbonyl (C=O) groups excluding carboxylic acids is 3. The number of aryl methyl sites for hydroxylation is 1. The van der Waals surface area contributed by atoms with Crippen molar-refractivity contribution in [2.24, 2.45) is 7.05 Å². The number of aromatic nitrogens is 1. The Bertz CT molecular complexity index is 2020. The average Bonchev–Trinajstić information content (AvgIpc) is 3.44. The number of carbonyl (C=O) groups is 4. The van der Waals surface area contributed by atoms with Crippen LogP contribution in [0.25, 0.3) is 10.9 Å². The van der Waals surface area contributed by atoms with Crippen LogP contribution in [0.1, 0.15) is 37.4 Å². The van der Waals surface area contributed by atoms with E-state index in [0.717, 1.165) is 21.9 Å². The van der Waals surface area contributed by atoms with Gasteiger partial charge in [-0.25, -0.2) is 4.79 Å². The number of rotatable bonds is 11. The first-order chi connectivity index (χ1) is 23.3. The summed E-state index contributed by atoms with van der Waals surface area (Å²) in [5.41, 5.74) is 1.03. The molecule has 0 fully saturated rings. The summed E-state index contributed by atoms with van der Waals surface area (Å²) in [4.78, 5) is 51.3. The van der Waals surface area contributed by atoms with Crippen LogP contribution in [-0.4, -0.2) is 52.0 Å². The molecule has 49 heavy (non-hydrogen) atoms. The van der Waals surface area contributed by atoms with E-state index in [1.165, 1.54) is 43.5 Å². The average molecular weight is 674 g/mol. The lowest BCUT2D eigenvalue weighted by atomic mass is 10.0. The number of hydrogen-bond donors (Lipinski definition) is 2. The van der Waals surface area contributed by atoms with Crippen LogP contribution < -0.4 is 14.8 Å². The fourth-order valence-electron chi connectivity index (χ4n) is 5.18. The third-order valence-corrected chi connectivity index (χ3v) is 7.63. The fourth-order valence-corrected chi connectivity index (χ4v) is 5.18. The largest absolute Gasteiger partial charge is 0.497 e. The number of nitrogens with one attached hydrogen (secondary N) is 1. The Labute approximate surface area is 278 Å². The second-order valence-electron chi connectivity index (χ2n) is 11.1. The highest BCUT2D eigenvalue weighted by atomic mass is 19.4. The first-order valence-electron chi connectivity index (χ1n) is 14.8. The van der Waals surface area contributed by atoms with Crippen molar-refractivity contribution in [2.75, 3.05) is 19.0 Å². The molecule has 4 aromatic carbocycles.